The van der Waals surface area contributed by atoms with Crippen molar-refractivity contribution in [2.75, 3.05) is 17.3 Å². The summed E-state index contributed by atoms with van der Waals surface area (Å²) >= 11 is 0. The molecule has 1 aliphatic carbocycles. The third-order valence-corrected chi connectivity index (χ3v) is 5.66. The maximum absolute atomic E-state index is 12.5. The molecular weight excluding hydrogens is 399 g/mol. The summed E-state index contributed by atoms with van der Waals surface area (Å²) in [7, 11) is 2.03. The first kappa shape index (κ1) is 18.9. The van der Waals surface area contributed by atoms with Crippen LogP contribution >= 0.6 is 0 Å². The van der Waals surface area contributed by atoms with E-state index in [1.807, 2.05) is 19.3 Å². The zero-order valence-electron chi connectivity index (χ0n) is 16.4. The fourth-order valence-electron chi connectivity index (χ4n) is 3.84. The summed E-state index contributed by atoms with van der Waals surface area (Å²) in [6, 6.07) is 2.46. The van der Waals surface area contributed by atoms with Gasteiger partial charge < -0.3 is 19.5 Å². The van der Waals surface area contributed by atoms with Crippen LogP contribution < -0.4 is 15.0 Å². The van der Waals surface area contributed by atoms with E-state index in [4.69, 9.17) is 9.72 Å². The average molecular weight is 419 g/mol. The molecule has 3 aromatic heterocycles. The second kappa shape index (κ2) is 6.71. The number of nitrogens with one attached hydrogen (secondary N) is 1. The molecule has 8 nitrogen and oxygen atoms in total. The predicted molar refractivity (Wildman–Crippen MR) is 103 cm³/mol. The molecule has 30 heavy (non-hydrogen) atoms. The van der Waals surface area contributed by atoms with E-state index in [2.05, 4.69) is 36.7 Å². The lowest BCUT2D eigenvalue weighted by atomic mass is 9.89. The second-order valence-corrected chi connectivity index (χ2v) is 7.83. The minimum Gasteiger partial charge on any atom is -0.487 e. The van der Waals surface area contributed by atoms with Crippen molar-refractivity contribution in [3.8, 4) is 5.75 Å². The van der Waals surface area contributed by atoms with Crippen molar-refractivity contribution in [3.63, 3.8) is 0 Å². The molecule has 0 bridgehead atoms. The Morgan fingerprint density at radius 2 is 1.90 bits per heavy atom. The Bertz CT molecular complexity index is 1080. The predicted octanol–water partition coefficient (Wildman–Crippen LogP) is 3.10. The number of halogens is 3. The van der Waals surface area contributed by atoms with Crippen LogP contribution in [0.15, 0.2) is 24.7 Å². The summed E-state index contributed by atoms with van der Waals surface area (Å²) in [6.45, 7) is 3.06. The summed E-state index contributed by atoms with van der Waals surface area (Å²) in [6.07, 6.45) is 0.844. The van der Waals surface area contributed by atoms with Crippen LogP contribution in [-0.2, 0) is 12.7 Å². The molecule has 11 heteroatoms. The lowest BCUT2D eigenvalue weighted by Crippen LogP contribution is -2.43. The van der Waals surface area contributed by atoms with Gasteiger partial charge in [-0.2, -0.15) is 18.2 Å². The molecule has 158 valence electrons. The number of likely N-dealkylation sites (N-methyl/N-ethyl adjacent to an activating group) is 1. The van der Waals surface area contributed by atoms with Crippen molar-refractivity contribution < 1.29 is 17.9 Å². The maximum Gasteiger partial charge on any atom is 0.451 e. The summed E-state index contributed by atoms with van der Waals surface area (Å²) in [5, 5.41) is 3.34. The zero-order valence-corrected chi connectivity index (χ0v) is 16.4. The number of aromatic nitrogens is 5. The van der Waals surface area contributed by atoms with Gasteiger partial charge in [-0.25, -0.2) is 15.0 Å². The normalized spacial score (nSPS) is 23.4. The Labute approximate surface area is 170 Å². The van der Waals surface area contributed by atoms with Gasteiger partial charge in [-0.1, -0.05) is 0 Å². The highest BCUT2D eigenvalue weighted by Crippen LogP contribution is 2.33. The minimum atomic E-state index is -4.56. The number of nitrogens with zero attached hydrogens (tertiary/aromatic N) is 6. The van der Waals surface area contributed by atoms with Gasteiger partial charge in [0.1, 0.15) is 11.6 Å². The third kappa shape index (κ3) is 3.27. The molecule has 0 unspecified atom stereocenters. The standard InChI is InChI=1S/C19H20F3N7O/c1-10-9-29-4-3-14-15(29)16(28(10)2)27-18(26-14)25-11-5-12(6-11)30-13-7-23-17(24-8-13)19(20,21)22/h3-4,7-8,10-12H,5-6,9H2,1-2H3,(H,25,26,27)/t10-,11?,12?/m0/s1. The van der Waals surface area contributed by atoms with Gasteiger partial charge >= 0.3 is 6.18 Å². The molecule has 1 N–H and O–H groups in total. The molecule has 0 saturated heterocycles. The SMILES string of the molecule is C[C@H]1Cn2ccc3nc(NC4CC(Oc5cnc(C(F)(F)F)nc5)C4)nc(c32)N1C. The molecule has 1 fully saturated rings. The van der Waals surface area contributed by atoms with Crippen LogP contribution in [0, 0.1) is 0 Å². The van der Waals surface area contributed by atoms with Gasteiger partial charge in [0.15, 0.2) is 11.6 Å². The molecule has 5 rings (SSSR count). The van der Waals surface area contributed by atoms with Gasteiger partial charge in [0.25, 0.3) is 0 Å². The van der Waals surface area contributed by atoms with Crippen molar-refractivity contribution in [2.45, 2.75) is 50.7 Å². The smallest absolute Gasteiger partial charge is 0.451 e. The van der Waals surface area contributed by atoms with Crippen LogP contribution in [0.25, 0.3) is 11.0 Å². The number of alkyl halides is 3. The molecule has 1 aliphatic heterocycles. The highest BCUT2D eigenvalue weighted by atomic mass is 19.4. The number of hydrogen-bond acceptors (Lipinski definition) is 7. The Kier molecular flexibility index (Phi) is 4.23. The van der Waals surface area contributed by atoms with Gasteiger partial charge in [0.2, 0.25) is 11.8 Å². The maximum atomic E-state index is 12.5. The summed E-state index contributed by atoms with van der Waals surface area (Å²) in [5.41, 5.74) is 1.94. The van der Waals surface area contributed by atoms with Crippen LogP contribution in [-0.4, -0.2) is 49.7 Å². The molecular formula is C19H20F3N7O. The number of anilines is 2. The average Bonchev–Trinajstić information content (AvgIpc) is 3.07. The van der Waals surface area contributed by atoms with E-state index in [9.17, 15) is 13.2 Å². The van der Waals surface area contributed by atoms with Crippen molar-refractivity contribution >= 4 is 22.8 Å². The van der Waals surface area contributed by atoms with Crippen LogP contribution in [0.5, 0.6) is 5.75 Å². The highest BCUT2D eigenvalue weighted by molar-refractivity contribution is 5.89. The quantitative estimate of drug-likeness (QED) is 0.696. The van der Waals surface area contributed by atoms with E-state index in [0.29, 0.717) is 24.8 Å². The first-order valence-corrected chi connectivity index (χ1v) is 9.70. The molecule has 2 aliphatic rings. The van der Waals surface area contributed by atoms with E-state index < -0.39 is 12.0 Å². The van der Waals surface area contributed by atoms with Crippen LogP contribution in [0.1, 0.15) is 25.6 Å². The topological polar surface area (TPSA) is 81.0 Å². The lowest BCUT2D eigenvalue weighted by molar-refractivity contribution is -0.145. The van der Waals surface area contributed by atoms with E-state index in [-0.39, 0.29) is 17.9 Å². The van der Waals surface area contributed by atoms with Crippen LogP contribution in [0.2, 0.25) is 0 Å². The Balaban J connectivity index is 1.22. The van der Waals surface area contributed by atoms with Crippen molar-refractivity contribution in [3.05, 3.63) is 30.5 Å². The molecule has 0 aromatic carbocycles. The molecule has 3 aromatic rings. The Hall–Kier alpha value is -3.11. The molecule has 1 saturated carbocycles. The van der Waals surface area contributed by atoms with E-state index in [1.165, 1.54) is 0 Å². The van der Waals surface area contributed by atoms with E-state index >= 15 is 0 Å². The van der Waals surface area contributed by atoms with Gasteiger partial charge in [-0.05, 0) is 13.0 Å². The first-order valence-electron chi connectivity index (χ1n) is 9.70. The largest absolute Gasteiger partial charge is 0.487 e. The van der Waals surface area contributed by atoms with Crippen molar-refractivity contribution in [2.24, 2.45) is 0 Å². The fourth-order valence-corrected chi connectivity index (χ4v) is 3.84. The van der Waals surface area contributed by atoms with Crippen molar-refractivity contribution in [1.82, 2.24) is 24.5 Å². The first-order chi connectivity index (χ1) is 14.3. The number of rotatable bonds is 4. The molecule has 0 radical (unpaired) electrons. The second-order valence-electron chi connectivity index (χ2n) is 7.83. The lowest BCUT2D eigenvalue weighted by Gasteiger charge is -2.36. The molecule has 4 heterocycles. The zero-order chi connectivity index (χ0) is 21.0. The monoisotopic (exact) mass is 419 g/mol. The summed E-state index contributed by atoms with van der Waals surface area (Å²) in [4.78, 5) is 18.1. The van der Waals surface area contributed by atoms with Crippen LogP contribution in [0.3, 0.4) is 0 Å². The summed E-state index contributed by atoms with van der Waals surface area (Å²) in [5.74, 6) is 0.524. The number of hydrogen-bond donors (Lipinski definition) is 1. The Morgan fingerprint density at radius 1 is 1.17 bits per heavy atom. The Morgan fingerprint density at radius 3 is 2.60 bits per heavy atom. The third-order valence-electron chi connectivity index (χ3n) is 5.66. The van der Waals surface area contributed by atoms with E-state index in [1.54, 1.807) is 0 Å². The van der Waals surface area contributed by atoms with Crippen molar-refractivity contribution in [1.29, 1.82) is 0 Å². The van der Waals surface area contributed by atoms with Gasteiger partial charge in [0, 0.05) is 44.7 Å². The summed E-state index contributed by atoms with van der Waals surface area (Å²) < 4.78 is 45.4. The van der Waals surface area contributed by atoms with E-state index in [0.717, 1.165) is 35.8 Å². The molecule has 1 atom stereocenters. The number of ether oxygens (including phenoxy) is 1. The van der Waals surface area contributed by atoms with Crippen LogP contribution in [0.4, 0.5) is 24.9 Å². The molecule has 0 spiro atoms. The van der Waals surface area contributed by atoms with Gasteiger partial charge in [-0.15, -0.1) is 0 Å². The highest BCUT2D eigenvalue weighted by Gasteiger charge is 2.35. The van der Waals surface area contributed by atoms with Gasteiger partial charge in [0.05, 0.1) is 17.9 Å². The fraction of sp³-hybridized carbons (Fsp3) is 0.474. The molecule has 0 amide bonds. The van der Waals surface area contributed by atoms with Gasteiger partial charge in [-0.3, -0.25) is 0 Å². The minimum absolute atomic E-state index is 0.117.